The molecule has 1 amide bonds. The van der Waals surface area contributed by atoms with Crippen molar-refractivity contribution in [3.63, 3.8) is 0 Å². The SMILES string of the molecule is COC(=O)[C@H](Cc1cnc2ccccc2n1)NC(=O)CC(C)C. The van der Waals surface area contributed by atoms with Crippen LogP contribution in [0.5, 0.6) is 0 Å². The summed E-state index contributed by atoms with van der Waals surface area (Å²) in [7, 11) is 1.30. The molecule has 1 heterocycles. The fraction of sp³-hybridized carbons (Fsp3) is 0.412. The normalized spacial score (nSPS) is 12.2. The van der Waals surface area contributed by atoms with E-state index in [-0.39, 0.29) is 18.2 Å². The molecule has 0 saturated carbocycles. The second kappa shape index (κ2) is 7.67. The molecule has 6 nitrogen and oxygen atoms in total. The minimum atomic E-state index is -0.762. The van der Waals surface area contributed by atoms with Crippen LogP contribution in [-0.2, 0) is 20.7 Å². The number of hydrogen-bond donors (Lipinski definition) is 1. The Labute approximate surface area is 135 Å². The van der Waals surface area contributed by atoms with E-state index in [1.807, 2.05) is 38.1 Å². The molecule has 0 radical (unpaired) electrons. The highest BCUT2D eigenvalue weighted by Crippen LogP contribution is 2.10. The molecule has 6 heteroatoms. The number of carbonyl (C=O) groups is 2. The maximum atomic E-state index is 11.9. The highest BCUT2D eigenvalue weighted by Gasteiger charge is 2.23. The molecule has 1 aromatic heterocycles. The zero-order valence-corrected chi connectivity index (χ0v) is 13.6. The number of carbonyl (C=O) groups excluding carboxylic acids is 2. The first-order valence-electron chi connectivity index (χ1n) is 7.57. The van der Waals surface area contributed by atoms with Crippen molar-refractivity contribution in [1.29, 1.82) is 0 Å². The Morgan fingerprint density at radius 3 is 2.57 bits per heavy atom. The molecular weight excluding hydrogens is 294 g/mol. The van der Waals surface area contributed by atoms with E-state index in [9.17, 15) is 9.59 Å². The van der Waals surface area contributed by atoms with Crippen molar-refractivity contribution in [1.82, 2.24) is 15.3 Å². The van der Waals surface area contributed by atoms with Crippen LogP contribution in [-0.4, -0.2) is 35.0 Å². The fourth-order valence-corrected chi connectivity index (χ4v) is 2.26. The third-order valence-corrected chi connectivity index (χ3v) is 3.33. The summed E-state index contributed by atoms with van der Waals surface area (Å²) >= 11 is 0. The molecule has 2 aromatic rings. The predicted molar refractivity (Wildman–Crippen MR) is 86.6 cm³/mol. The van der Waals surface area contributed by atoms with Gasteiger partial charge in [-0.25, -0.2) is 9.78 Å². The van der Waals surface area contributed by atoms with Crippen LogP contribution in [0.2, 0.25) is 0 Å². The largest absolute Gasteiger partial charge is 0.467 e. The van der Waals surface area contributed by atoms with Crippen molar-refractivity contribution in [2.45, 2.75) is 32.7 Å². The number of hydrogen-bond acceptors (Lipinski definition) is 5. The molecule has 1 atom stereocenters. The first-order chi connectivity index (χ1) is 11.0. The maximum Gasteiger partial charge on any atom is 0.328 e. The van der Waals surface area contributed by atoms with E-state index in [0.717, 1.165) is 11.0 Å². The monoisotopic (exact) mass is 315 g/mol. The lowest BCUT2D eigenvalue weighted by molar-refractivity contribution is -0.145. The first kappa shape index (κ1) is 16.9. The van der Waals surface area contributed by atoms with Crippen molar-refractivity contribution in [3.8, 4) is 0 Å². The Hall–Kier alpha value is -2.50. The molecule has 0 saturated heterocycles. The first-order valence-corrected chi connectivity index (χ1v) is 7.57. The van der Waals surface area contributed by atoms with E-state index >= 15 is 0 Å². The van der Waals surface area contributed by atoms with Crippen LogP contribution in [0, 0.1) is 5.92 Å². The molecule has 0 bridgehead atoms. The summed E-state index contributed by atoms with van der Waals surface area (Å²) in [4.78, 5) is 32.6. The molecule has 1 N–H and O–H groups in total. The summed E-state index contributed by atoms with van der Waals surface area (Å²) in [6.45, 7) is 3.89. The van der Waals surface area contributed by atoms with Crippen molar-refractivity contribution in [2.75, 3.05) is 7.11 Å². The van der Waals surface area contributed by atoms with Crippen LogP contribution in [0.4, 0.5) is 0 Å². The van der Waals surface area contributed by atoms with Gasteiger partial charge < -0.3 is 10.1 Å². The van der Waals surface area contributed by atoms with Crippen molar-refractivity contribution >= 4 is 22.9 Å². The fourth-order valence-electron chi connectivity index (χ4n) is 2.26. The molecule has 0 aliphatic heterocycles. The lowest BCUT2D eigenvalue weighted by Crippen LogP contribution is -2.43. The van der Waals surface area contributed by atoms with Crippen LogP contribution in [0.25, 0.3) is 11.0 Å². The van der Waals surface area contributed by atoms with Crippen LogP contribution in [0.3, 0.4) is 0 Å². The second-order valence-corrected chi connectivity index (χ2v) is 5.80. The topological polar surface area (TPSA) is 81.2 Å². The Balaban J connectivity index is 2.15. The number of benzene rings is 1. The predicted octanol–water partition coefficient (Wildman–Crippen LogP) is 1.88. The summed E-state index contributed by atoms with van der Waals surface area (Å²) in [6, 6.07) is 6.73. The lowest BCUT2D eigenvalue weighted by Gasteiger charge is -2.17. The van der Waals surface area contributed by atoms with Gasteiger partial charge in [0.15, 0.2) is 0 Å². The van der Waals surface area contributed by atoms with Crippen molar-refractivity contribution in [2.24, 2.45) is 5.92 Å². The Kier molecular flexibility index (Phi) is 5.62. The van der Waals surface area contributed by atoms with E-state index in [4.69, 9.17) is 4.74 Å². The Bertz CT molecular complexity index is 700. The molecule has 122 valence electrons. The van der Waals surface area contributed by atoms with Gasteiger partial charge >= 0.3 is 5.97 Å². The van der Waals surface area contributed by atoms with Crippen LogP contribution in [0.15, 0.2) is 30.5 Å². The van der Waals surface area contributed by atoms with Gasteiger partial charge in [0.05, 0.1) is 23.8 Å². The third-order valence-electron chi connectivity index (χ3n) is 3.33. The van der Waals surface area contributed by atoms with Gasteiger partial charge in [0.1, 0.15) is 6.04 Å². The third kappa shape index (κ3) is 4.74. The average molecular weight is 315 g/mol. The molecule has 0 spiro atoms. The summed E-state index contributed by atoms with van der Waals surface area (Å²) in [5, 5.41) is 2.71. The minimum Gasteiger partial charge on any atom is -0.467 e. The lowest BCUT2D eigenvalue weighted by atomic mass is 10.1. The van der Waals surface area contributed by atoms with Gasteiger partial charge in [0, 0.05) is 19.0 Å². The molecular formula is C17H21N3O3. The van der Waals surface area contributed by atoms with Gasteiger partial charge in [0.2, 0.25) is 5.91 Å². The van der Waals surface area contributed by atoms with E-state index in [0.29, 0.717) is 12.1 Å². The Morgan fingerprint density at radius 2 is 1.91 bits per heavy atom. The van der Waals surface area contributed by atoms with E-state index in [1.165, 1.54) is 7.11 Å². The van der Waals surface area contributed by atoms with Crippen LogP contribution >= 0.6 is 0 Å². The van der Waals surface area contributed by atoms with Gasteiger partial charge in [-0.15, -0.1) is 0 Å². The van der Waals surface area contributed by atoms with Crippen LogP contribution < -0.4 is 5.32 Å². The number of ether oxygens (including phenoxy) is 1. The number of fused-ring (bicyclic) bond motifs is 1. The molecule has 0 aliphatic rings. The average Bonchev–Trinajstić information content (AvgIpc) is 2.52. The van der Waals surface area contributed by atoms with Gasteiger partial charge in [0.25, 0.3) is 0 Å². The van der Waals surface area contributed by atoms with Crippen molar-refractivity contribution < 1.29 is 14.3 Å². The summed E-state index contributed by atoms with van der Waals surface area (Å²) in [5.41, 5.74) is 2.17. The van der Waals surface area contributed by atoms with Crippen LogP contribution in [0.1, 0.15) is 26.0 Å². The van der Waals surface area contributed by atoms with Gasteiger partial charge in [-0.3, -0.25) is 9.78 Å². The van der Waals surface area contributed by atoms with E-state index < -0.39 is 12.0 Å². The molecule has 0 aliphatic carbocycles. The molecule has 1 aromatic carbocycles. The van der Waals surface area contributed by atoms with Gasteiger partial charge in [-0.05, 0) is 18.1 Å². The maximum absolute atomic E-state index is 11.9. The second-order valence-electron chi connectivity index (χ2n) is 5.80. The smallest absolute Gasteiger partial charge is 0.328 e. The summed E-state index contributed by atoms with van der Waals surface area (Å²) in [5.74, 6) is -0.449. The Morgan fingerprint density at radius 1 is 1.22 bits per heavy atom. The number of para-hydroxylation sites is 2. The molecule has 0 unspecified atom stereocenters. The van der Waals surface area contributed by atoms with E-state index in [1.54, 1.807) is 6.20 Å². The number of nitrogens with one attached hydrogen (secondary N) is 1. The number of nitrogens with zero attached hydrogens (tertiary/aromatic N) is 2. The van der Waals surface area contributed by atoms with Gasteiger partial charge in [-0.2, -0.15) is 0 Å². The highest BCUT2D eigenvalue weighted by molar-refractivity contribution is 5.84. The standard InChI is InChI=1S/C17H21N3O3/c1-11(2)8-16(21)20-15(17(22)23-3)9-12-10-18-13-6-4-5-7-14(13)19-12/h4-7,10-11,15H,8-9H2,1-3H3,(H,20,21)/t15-/m0/s1. The quantitative estimate of drug-likeness (QED) is 0.823. The minimum absolute atomic E-state index is 0.177. The number of amides is 1. The number of esters is 1. The highest BCUT2D eigenvalue weighted by atomic mass is 16.5. The number of rotatable bonds is 6. The van der Waals surface area contributed by atoms with E-state index in [2.05, 4.69) is 15.3 Å². The number of aromatic nitrogens is 2. The zero-order valence-electron chi connectivity index (χ0n) is 13.6. The van der Waals surface area contributed by atoms with Gasteiger partial charge in [-0.1, -0.05) is 26.0 Å². The van der Waals surface area contributed by atoms with Crippen molar-refractivity contribution in [3.05, 3.63) is 36.2 Å². The zero-order chi connectivity index (χ0) is 16.8. The molecule has 0 fully saturated rings. The molecule has 23 heavy (non-hydrogen) atoms. The molecule has 2 rings (SSSR count). The summed E-state index contributed by atoms with van der Waals surface area (Å²) < 4.78 is 4.78. The number of methoxy groups -OCH3 is 1. The summed E-state index contributed by atoms with van der Waals surface area (Å²) in [6.07, 6.45) is 2.22.